The molecule has 0 saturated carbocycles. The Morgan fingerprint density at radius 1 is 1.36 bits per heavy atom. The number of hydrogen-bond acceptors (Lipinski definition) is 6. The monoisotopic (exact) mass is 391 g/mol. The van der Waals surface area contributed by atoms with Crippen LogP contribution in [0.25, 0.3) is 26.4 Å². The molecule has 5 nitrogen and oxygen atoms in total. The minimum absolute atomic E-state index is 0.704. The van der Waals surface area contributed by atoms with Gasteiger partial charge >= 0.3 is 0 Å². The van der Waals surface area contributed by atoms with E-state index in [1.165, 1.54) is 31.7 Å². The van der Waals surface area contributed by atoms with Crippen molar-refractivity contribution in [1.82, 2.24) is 9.97 Å². The molecule has 28 heavy (non-hydrogen) atoms. The Morgan fingerprint density at radius 3 is 2.96 bits per heavy atom. The molecular formula is C22H25N5S. The Labute approximate surface area is 169 Å². The number of allylic oxidation sites excluding steroid dienone is 1. The first kappa shape index (κ1) is 18.6. The van der Waals surface area contributed by atoms with Gasteiger partial charge < -0.3 is 16.0 Å². The van der Waals surface area contributed by atoms with E-state index < -0.39 is 0 Å². The molecule has 4 rings (SSSR count). The molecule has 6 heteroatoms. The van der Waals surface area contributed by atoms with E-state index in [1.54, 1.807) is 11.3 Å². The second-order valence-corrected chi connectivity index (χ2v) is 8.27. The predicted octanol–water partition coefficient (Wildman–Crippen LogP) is 4.93. The molecule has 0 amide bonds. The molecular weight excluding hydrogens is 366 g/mol. The molecule has 1 aliphatic rings. The summed E-state index contributed by atoms with van der Waals surface area (Å²) in [4.78, 5) is 11.9. The average molecular weight is 392 g/mol. The van der Waals surface area contributed by atoms with Gasteiger partial charge in [-0.25, -0.2) is 9.97 Å². The fourth-order valence-electron chi connectivity index (χ4n) is 3.76. The van der Waals surface area contributed by atoms with Gasteiger partial charge in [-0.15, -0.1) is 11.3 Å². The van der Waals surface area contributed by atoms with Gasteiger partial charge in [-0.2, -0.15) is 0 Å². The van der Waals surface area contributed by atoms with E-state index in [-0.39, 0.29) is 0 Å². The number of rotatable bonds is 5. The number of pyridine rings is 1. The summed E-state index contributed by atoms with van der Waals surface area (Å²) in [5, 5.41) is 8.44. The zero-order valence-electron chi connectivity index (χ0n) is 16.1. The van der Waals surface area contributed by atoms with Crippen molar-refractivity contribution in [2.24, 2.45) is 11.7 Å². The number of benzene rings is 1. The summed E-state index contributed by atoms with van der Waals surface area (Å²) in [5.41, 5.74) is 9.24. The molecule has 1 fully saturated rings. The number of thiazole rings is 1. The molecule has 1 atom stereocenters. The molecule has 0 bridgehead atoms. The van der Waals surface area contributed by atoms with Crippen LogP contribution in [-0.2, 0) is 0 Å². The van der Waals surface area contributed by atoms with Crippen LogP contribution in [0.3, 0.4) is 0 Å². The van der Waals surface area contributed by atoms with Crippen molar-refractivity contribution in [2.45, 2.75) is 26.2 Å². The lowest BCUT2D eigenvalue weighted by Crippen LogP contribution is -2.35. The number of nitrogens with zero attached hydrogens (tertiary/aromatic N) is 3. The molecule has 1 aromatic carbocycles. The Kier molecular flexibility index (Phi) is 5.39. The summed E-state index contributed by atoms with van der Waals surface area (Å²) in [6, 6.07) is 10.2. The molecule has 0 radical (unpaired) electrons. The molecule has 0 spiro atoms. The van der Waals surface area contributed by atoms with Gasteiger partial charge in [-0.05, 0) is 48.6 Å². The third-order valence-electron chi connectivity index (χ3n) is 5.47. The van der Waals surface area contributed by atoms with E-state index in [9.17, 15) is 0 Å². The van der Waals surface area contributed by atoms with Crippen molar-refractivity contribution in [3.63, 3.8) is 0 Å². The van der Waals surface area contributed by atoms with Crippen molar-refractivity contribution in [3.05, 3.63) is 48.3 Å². The van der Waals surface area contributed by atoms with Gasteiger partial charge in [0, 0.05) is 42.8 Å². The fraction of sp³-hybridized carbons (Fsp3) is 0.318. The summed E-state index contributed by atoms with van der Waals surface area (Å²) < 4.78 is 1.08. The van der Waals surface area contributed by atoms with Crippen molar-refractivity contribution in [1.29, 1.82) is 5.41 Å². The number of aromatic nitrogens is 2. The largest absolute Gasteiger partial charge is 0.404 e. The van der Waals surface area contributed by atoms with Crippen molar-refractivity contribution in [2.75, 3.05) is 18.0 Å². The highest BCUT2D eigenvalue weighted by Crippen LogP contribution is 2.32. The van der Waals surface area contributed by atoms with E-state index in [0.717, 1.165) is 51.2 Å². The molecule has 1 aliphatic heterocycles. The maximum Gasteiger partial charge on any atom is 0.128 e. The Hall–Kier alpha value is -2.73. The lowest BCUT2D eigenvalue weighted by Gasteiger charge is -2.33. The van der Waals surface area contributed by atoms with Gasteiger partial charge in [0.2, 0.25) is 0 Å². The maximum absolute atomic E-state index is 7.48. The van der Waals surface area contributed by atoms with Crippen LogP contribution in [0, 0.1) is 11.3 Å². The fourth-order valence-corrected chi connectivity index (χ4v) is 4.76. The highest BCUT2D eigenvalue weighted by molar-refractivity contribution is 7.21. The molecule has 3 N–H and O–H groups in total. The normalized spacial score (nSPS) is 17.8. The first-order valence-electron chi connectivity index (χ1n) is 9.76. The Balaban J connectivity index is 1.58. The van der Waals surface area contributed by atoms with Crippen LogP contribution < -0.4 is 10.6 Å². The number of fused-ring (bicyclic) bond motifs is 1. The molecule has 3 heterocycles. The van der Waals surface area contributed by atoms with Crippen LogP contribution in [0.5, 0.6) is 0 Å². The van der Waals surface area contributed by atoms with Gasteiger partial charge in [0.25, 0.3) is 0 Å². The Morgan fingerprint density at radius 2 is 2.25 bits per heavy atom. The molecule has 1 saturated heterocycles. The van der Waals surface area contributed by atoms with E-state index >= 15 is 0 Å². The smallest absolute Gasteiger partial charge is 0.128 e. The molecule has 144 valence electrons. The lowest BCUT2D eigenvalue weighted by molar-refractivity contribution is 0.403. The minimum atomic E-state index is 0.704. The number of anilines is 1. The van der Waals surface area contributed by atoms with Gasteiger partial charge in [-0.3, -0.25) is 0 Å². The van der Waals surface area contributed by atoms with Crippen LogP contribution in [0.2, 0.25) is 0 Å². The van der Waals surface area contributed by atoms with Crippen molar-refractivity contribution in [3.8, 4) is 10.6 Å². The third kappa shape index (κ3) is 3.64. The van der Waals surface area contributed by atoms with E-state index in [4.69, 9.17) is 21.1 Å². The number of nitrogens with one attached hydrogen (secondary N) is 1. The first-order chi connectivity index (χ1) is 13.7. The van der Waals surface area contributed by atoms with Gasteiger partial charge in [0.1, 0.15) is 10.8 Å². The second kappa shape index (κ2) is 8.10. The summed E-state index contributed by atoms with van der Waals surface area (Å²) in [6.45, 7) is 4.48. The van der Waals surface area contributed by atoms with Crippen LogP contribution in [0.4, 0.5) is 5.82 Å². The van der Waals surface area contributed by atoms with Crippen LogP contribution in [0.1, 0.15) is 31.7 Å². The quantitative estimate of drug-likeness (QED) is 0.604. The number of piperidine rings is 1. The van der Waals surface area contributed by atoms with Crippen LogP contribution in [-0.4, -0.2) is 29.3 Å². The maximum atomic E-state index is 7.48. The zero-order chi connectivity index (χ0) is 19.5. The Bertz CT molecular complexity index is 1010. The van der Waals surface area contributed by atoms with E-state index in [2.05, 4.69) is 24.0 Å². The minimum Gasteiger partial charge on any atom is -0.404 e. The van der Waals surface area contributed by atoms with E-state index in [0.29, 0.717) is 5.57 Å². The van der Waals surface area contributed by atoms with Crippen LogP contribution in [0.15, 0.2) is 42.7 Å². The SMILES string of the molecule is CC[C@H]1CCCN(c2ccc(-c3nc4ccc(/C(C=N)=C/N)cc4s3)cn2)C1. The van der Waals surface area contributed by atoms with Gasteiger partial charge in [0.15, 0.2) is 0 Å². The lowest BCUT2D eigenvalue weighted by atomic mass is 9.96. The first-order valence-corrected chi connectivity index (χ1v) is 10.6. The van der Waals surface area contributed by atoms with Gasteiger partial charge in [-0.1, -0.05) is 19.4 Å². The summed E-state index contributed by atoms with van der Waals surface area (Å²) in [6.07, 6.45) is 8.49. The molecule has 3 aromatic rings. The van der Waals surface area contributed by atoms with Crippen LogP contribution >= 0.6 is 11.3 Å². The second-order valence-electron chi connectivity index (χ2n) is 7.24. The highest BCUT2D eigenvalue weighted by atomic mass is 32.1. The average Bonchev–Trinajstić information content (AvgIpc) is 3.18. The number of hydrogen-bond donors (Lipinski definition) is 2. The van der Waals surface area contributed by atoms with Crippen molar-refractivity contribution < 1.29 is 0 Å². The summed E-state index contributed by atoms with van der Waals surface area (Å²) in [5.74, 6) is 1.84. The number of nitrogens with two attached hydrogens (primary N) is 1. The third-order valence-corrected chi connectivity index (χ3v) is 6.54. The zero-order valence-corrected chi connectivity index (χ0v) is 16.9. The molecule has 0 aliphatic carbocycles. The molecule has 2 aromatic heterocycles. The standard InChI is InChI=1S/C22H25N5S/c1-2-15-4-3-9-27(14-15)21-8-6-17(13-25-21)22-26-19-7-5-16(10-20(19)28-22)18(11-23)12-24/h5-8,10-13,15,23H,2-4,9,14,24H2,1H3/b18-12+,23-11?/t15-/m0/s1. The van der Waals surface area contributed by atoms with Crippen molar-refractivity contribution >= 4 is 39.2 Å². The highest BCUT2D eigenvalue weighted by Gasteiger charge is 2.19. The predicted molar refractivity (Wildman–Crippen MR) is 119 cm³/mol. The topological polar surface area (TPSA) is 78.9 Å². The summed E-state index contributed by atoms with van der Waals surface area (Å²) >= 11 is 1.64. The van der Waals surface area contributed by atoms with Gasteiger partial charge in [0.05, 0.1) is 10.2 Å². The van der Waals surface area contributed by atoms with E-state index in [1.807, 2.05) is 24.4 Å². The summed E-state index contributed by atoms with van der Waals surface area (Å²) in [7, 11) is 0. The molecule has 0 unspecified atom stereocenters.